The number of alkyl halides is 3. The first-order valence-electron chi connectivity index (χ1n) is 10.4. The maximum absolute atomic E-state index is 13.1. The second-order valence-electron chi connectivity index (χ2n) is 7.63. The summed E-state index contributed by atoms with van der Waals surface area (Å²) in [7, 11) is 0. The third-order valence-electron chi connectivity index (χ3n) is 5.36. The van der Waals surface area contributed by atoms with Gasteiger partial charge in [0, 0.05) is 13.0 Å². The molecule has 1 N–H and O–H groups in total. The largest absolute Gasteiger partial charge is 0.416 e. The van der Waals surface area contributed by atoms with Crippen LogP contribution in [0.25, 0.3) is 21.3 Å². The number of hydrogen-bond acceptors (Lipinski definition) is 4. The minimum atomic E-state index is -4.35. The van der Waals surface area contributed by atoms with Crippen molar-refractivity contribution in [3.8, 4) is 10.6 Å². The molecule has 0 aliphatic heterocycles. The van der Waals surface area contributed by atoms with Gasteiger partial charge in [-0.2, -0.15) is 13.2 Å². The van der Waals surface area contributed by atoms with E-state index in [1.165, 1.54) is 28.5 Å². The first-order valence-corrected chi connectivity index (χ1v) is 12.1. The van der Waals surface area contributed by atoms with Gasteiger partial charge in [0.2, 0.25) is 0 Å². The number of hydrogen-bond donors (Lipinski definition) is 1. The van der Waals surface area contributed by atoms with Crippen molar-refractivity contribution in [1.29, 1.82) is 0 Å². The molecule has 166 valence electrons. The fourth-order valence-corrected chi connectivity index (χ4v) is 5.57. The number of halogens is 3. The summed E-state index contributed by atoms with van der Waals surface area (Å²) < 4.78 is 39.2. The molecule has 7 heteroatoms. The summed E-state index contributed by atoms with van der Waals surface area (Å²) in [4.78, 5) is 5.94. The van der Waals surface area contributed by atoms with Gasteiger partial charge in [-0.15, -0.1) is 22.7 Å². The van der Waals surface area contributed by atoms with Gasteiger partial charge >= 0.3 is 6.18 Å². The molecule has 2 heterocycles. The molecule has 0 atom stereocenters. The molecule has 5 aromatic rings. The molecule has 0 aliphatic rings. The Morgan fingerprint density at radius 3 is 2.52 bits per heavy atom. The molecule has 0 aliphatic carbocycles. The van der Waals surface area contributed by atoms with Crippen LogP contribution in [-0.2, 0) is 19.1 Å². The lowest BCUT2D eigenvalue weighted by molar-refractivity contribution is -0.137. The summed E-state index contributed by atoms with van der Waals surface area (Å²) in [5, 5.41) is 9.54. The fourth-order valence-electron chi connectivity index (χ4n) is 3.79. The number of nitrogens with one attached hydrogen (secondary N) is 1. The minimum Gasteiger partial charge on any atom is -0.371 e. The molecule has 0 fully saturated rings. The molecule has 0 spiro atoms. The van der Waals surface area contributed by atoms with Crippen LogP contribution >= 0.6 is 22.7 Å². The number of anilines is 1. The predicted molar refractivity (Wildman–Crippen MR) is 131 cm³/mol. The molecule has 2 nitrogen and oxygen atoms in total. The van der Waals surface area contributed by atoms with E-state index in [2.05, 4.69) is 35.6 Å². The Morgan fingerprint density at radius 1 is 0.879 bits per heavy atom. The highest BCUT2D eigenvalue weighted by molar-refractivity contribution is 7.17. The second-order valence-corrected chi connectivity index (χ2v) is 9.66. The molecule has 3 aromatic carbocycles. The van der Waals surface area contributed by atoms with Crippen LogP contribution in [0.4, 0.5) is 18.2 Å². The van der Waals surface area contributed by atoms with E-state index in [1.54, 1.807) is 28.7 Å². The summed E-state index contributed by atoms with van der Waals surface area (Å²) in [6.07, 6.45) is -3.66. The molecule has 0 unspecified atom stereocenters. The van der Waals surface area contributed by atoms with Crippen LogP contribution in [0.5, 0.6) is 0 Å². The standard InChI is InChI=1S/C26H19F3N2S2/c27-26(28,29)20-10-3-6-17(14-20)16-30-25-24(22-12-5-13-32-22)31-23(33-25)15-19-9-4-8-18-7-1-2-11-21(18)19/h1-14,30H,15-16H2. The Kier molecular flexibility index (Phi) is 5.91. The molecular formula is C26H19F3N2S2. The first kappa shape index (κ1) is 21.7. The summed E-state index contributed by atoms with van der Waals surface area (Å²) in [5.74, 6) is 0. The number of rotatable bonds is 6. The maximum atomic E-state index is 13.1. The SMILES string of the molecule is FC(F)(F)c1cccc(CNc2sc(Cc3cccc4ccccc34)nc2-c2cccs2)c1. The average molecular weight is 481 g/mol. The summed E-state index contributed by atoms with van der Waals surface area (Å²) in [6, 6.07) is 24.0. The molecule has 0 bridgehead atoms. The van der Waals surface area contributed by atoms with Gasteiger partial charge < -0.3 is 5.32 Å². The molecule has 2 aromatic heterocycles. The number of aromatic nitrogens is 1. The van der Waals surface area contributed by atoms with Crippen LogP contribution in [0.1, 0.15) is 21.7 Å². The quantitative estimate of drug-likeness (QED) is 0.265. The van der Waals surface area contributed by atoms with Gasteiger partial charge in [-0.25, -0.2) is 4.98 Å². The van der Waals surface area contributed by atoms with Crippen molar-refractivity contribution >= 4 is 38.4 Å². The zero-order valence-corrected chi connectivity index (χ0v) is 19.0. The van der Waals surface area contributed by atoms with E-state index in [0.717, 1.165) is 26.6 Å². The second kappa shape index (κ2) is 9.00. The van der Waals surface area contributed by atoms with Crippen molar-refractivity contribution < 1.29 is 13.2 Å². The van der Waals surface area contributed by atoms with Gasteiger partial charge in [-0.3, -0.25) is 0 Å². The van der Waals surface area contributed by atoms with Crippen molar-refractivity contribution in [2.75, 3.05) is 5.32 Å². The number of thiazole rings is 1. The van der Waals surface area contributed by atoms with Crippen molar-refractivity contribution in [2.45, 2.75) is 19.1 Å². The van der Waals surface area contributed by atoms with Gasteiger partial charge in [0.1, 0.15) is 10.7 Å². The molecule has 0 radical (unpaired) electrons. The van der Waals surface area contributed by atoms with E-state index in [0.29, 0.717) is 12.0 Å². The first-order chi connectivity index (χ1) is 16.0. The van der Waals surface area contributed by atoms with Crippen LogP contribution in [0.2, 0.25) is 0 Å². The fraction of sp³-hybridized carbons (Fsp3) is 0.115. The molecular weight excluding hydrogens is 461 g/mol. The lowest BCUT2D eigenvalue weighted by Crippen LogP contribution is -2.06. The normalized spacial score (nSPS) is 11.7. The maximum Gasteiger partial charge on any atom is 0.416 e. The van der Waals surface area contributed by atoms with Crippen LogP contribution in [0.3, 0.4) is 0 Å². The zero-order valence-electron chi connectivity index (χ0n) is 17.4. The summed E-state index contributed by atoms with van der Waals surface area (Å²) >= 11 is 3.15. The number of nitrogens with zero attached hydrogens (tertiary/aromatic N) is 1. The Bertz CT molecular complexity index is 1380. The molecule has 0 amide bonds. The van der Waals surface area contributed by atoms with Gasteiger partial charge in [-0.1, -0.05) is 60.7 Å². The lowest BCUT2D eigenvalue weighted by Gasteiger charge is -2.10. The van der Waals surface area contributed by atoms with E-state index in [9.17, 15) is 13.2 Å². The Labute approximate surface area is 197 Å². The van der Waals surface area contributed by atoms with E-state index in [-0.39, 0.29) is 6.54 Å². The minimum absolute atomic E-state index is 0.290. The number of benzene rings is 3. The summed E-state index contributed by atoms with van der Waals surface area (Å²) in [6.45, 7) is 0.290. The molecule has 0 saturated heterocycles. The summed E-state index contributed by atoms with van der Waals surface area (Å²) in [5.41, 5.74) is 1.98. The monoisotopic (exact) mass is 480 g/mol. The number of fused-ring (bicyclic) bond motifs is 1. The Hall–Kier alpha value is -3.16. The van der Waals surface area contributed by atoms with Gasteiger partial charge in [0.05, 0.1) is 15.4 Å². The third kappa shape index (κ3) is 4.79. The zero-order chi connectivity index (χ0) is 22.8. The van der Waals surface area contributed by atoms with E-state index in [1.807, 2.05) is 29.6 Å². The molecule has 0 saturated carbocycles. The van der Waals surface area contributed by atoms with Crippen molar-refractivity contribution in [3.05, 3.63) is 106 Å². The van der Waals surface area contributed by atoms with E-state index in [4.69, 9.17) is 4.98 Å². The van der Waals surface area contributed by atoms with Gasteiger partial charge in [-0.05, 0) is 45.5 Å². The molecule has 5 rings (SSSR count). The van der Waals surface area contributed by atoms with Crippen molar-refractivity contribution in [1.82, 2.24) is 4.98 Å². The highest BCUT2D eigenvalue weighted by atomic mass is 32.1. The highest BCUT2D eigenvalue weighted by Crippen LogP contribution is 2.37. The Morgan fingerprint density at radius 2 is 1.70 bits per heavy atom. The number of thiophene rings is 1. The van der Waals surface area contributed by atoms with Crippen LogP contribution in [0, 0.1) is 0 Å². The van der Waals surface area contributed by atoms with Crippen LogP contribution in [0.15, 0.2) is 84.2 Å². The average Bonchev–Trinajstić information content (AvgIpc) is 3.47. The van der Waals surface area contributed by atoms with Crippen molar-refractivity contribution in [2.24, 2.45) is 0 Å². The van der Waals surface area contributed by atoms with Crippen molar-refractivity contribution in [3.63, 3.8) is 0 Å². The van der Waals surface area contributed by atoms with E-state index < -0.39 is 11.7 Å². The van der Waals surface area contributed by atoms with Gasteiger partial charge in [0.25, 0.3) is 0 Å². The Balaban J connectivity index is 1.44. The third-order valence-corrected chi connectivity index (χ3v) is 7.24. The molecule has 33 heavy (non-hydrogen) atoms. The van der Waals surface area contributed by atoms with Crippen LogP contribution < -0.4 is 5.32 Å². The predicted octanol–water partition coefficient (Wildman–Crippen LogP) is 8.25. The highest BCUT2D eigenvalue weighted by Gasteiger charge is 2.30. The lowest BCUT2D eigenvalue weighted by atomic mass is 10.0. The van der Waals surface area contributed by atoms with E-state index >= 15 is 0 Å². The smallest absolute Gasteiger partial charge is 0.371 e. The van der Waals surface area contributed by atoms with Gasteiger partial charge in [0.15, 0.2) is 0 Å². The topological polar surface area (TPSA) is 24.9 Å². The van der Waals surface area contributed by atoms with Crippen LogP contribution in [-0.4, -0.2) is 4.98 Å².